The third kappa shape index (κ3) is 6.72. The Bertz CT molecular complexity index is 1590. The molecule has 2 bridgehead atoms. The van der Waals surface area contributed by atoms with Crippen molar-refractivity contribution in [3.63, 3.8) is 0 Å². The zero-order valence-corrected chi connectivity index (χ0v) is 26.2. The van der Waals surface area contributed by atoms with Crippen molar-refractivity contribution >= 4 is 35.4 Å². The molecular weight excluding hydrogens is 570 g/mol. The summed E-state index contributed by atoms with van der Waals surface area (Å²) in [5.41, 5.74) is 4.51. The van der Waals surface area contributed by atoms with Crippen molar-refractivity contribution in [2.45, 2.75) is 89.8 Å². The van der Waals surface area contributed by atoms with Crippen LogP contribution in [-0.4, -0.2) is 56.7 Å². The van der Waals surface area contributed by atoms with Crippen LogP contribution in [0.2, 0.25) is 0 Å². The van der Waals surface area contributed by atoms with Crippen LogP contribution in [0.1, 0.15) is 69.7 Å². The summed E-state index contributed by atoms with van der Waals surface area (Å²) in [5.74, 6) is 0.398. The van der Waals surface area contributed by atoms with Crippen LogP contribution in [0.3, 0.4) is 0 Å². The Hall–Kier alpha value is -4.67. The highest BCUT2D eigenvalue weighted by Crippen LogP contribution is 2.40. The molecule has 3 saturated heterocycles. The molecule has 2 unspecified atom stereocenters. The minimum absolute atomic E-state index is 0.0244. The Morgan fingerprint density at radius 2 is 1.69 bits per heavy atom. The predicted molar refractivity (Wildman–Crippen MR) is 171 cm³/mol. The van der Waals surface area contributed by atoms with E-state index in [0.717, 1.165) is 54.6 Å². The lowest BCUT2D eigenvalue weighted by atomic mass is 9.85. The lowest BCUT2D eigenvalue weighted by molar-refractivity contribution is -0.141. The van der Waals surface area contributed by atoms with Crippen molar-refractivity contribution in [3.8, 4) is 5.69 Å². The van der Waals surface area contributed by atoms with Crippen LogP contribution >= 0.6 is 0 Å². The van der Waals surface area contributed by atoms with E-state index in [9.17, 15) is 19.2 Å². The highest BCUT2D eigenvalue weighted by Gasteiger charge is 2.46. The fourth-order valence-corrected chi connectivity index (χ4v) is 6.86. The summed E-state index contributed by atoms with van der Waals surface area (Å²) in [4.78, 5) is 52.0. The summed E-state index contributed by atoms with van der Waals surface area (Å²) in [6.07, 6.45) is 4.40. The Balaban J connectivity index is 1.09. The van der Waals surface area contributed by atoms with Gasteiger partial charge in [-0.3, -0.25) is 20.2 Å². The maximum absolute atomic E-state index is 13.3. The molecule has 2 aromatic carbocycles. The van der Waals surface area contributed by atoms with Gasteiger partial charge in [-0.15, -0.1) is 0 Å². The van der Waals surface area contributed by atoms with Crippen LogP contribution < -0.4 is 21.3 Å². The zero-order chi connectivity index (χ0) is 31.9. The van der Waals surface area contributed by atoms with Gasteiger partial charge >= 0.3 is 12.1 Å². The number of imide groups is 1. The monoisotopic (exact) mass is 611 g/mol. The SMILES string of the molecule is Cc1ccc(-n2nc(C(C)(C)C)cc2NC(=O)Nc2cccc(CC3CC4CCC(C3)N4C(=O)[C@@H]3CC(=O)NC(=O)N3)c2)cc1. The molecule has 45 heavy (non-hydrogen) atoms. The number of nitrogens with zero attached hydrogens (tertiary/aromatic N) is 3. The van der Waals surface area contributed by atoms with E-state index in [1.807, 2.05) is 60.4 Å². The molecule has 0 aliphatic carbocycles. The van der Waals surface area contributed by atoms with Crippen LogP contribution in [-0.2, 0) is 21.4 Å². The number of carbonyl (C=O) groups is 4. The first-order valence-electron chi connectivity index (χ1n) is 15.7. The minimum atomic E-state index is -0.796. The summed E-state index contributed by atoms with van der Waals surface area (Å²) >= 11 is 0. The predicted octanol–water partition coefficient (Wildman–Crippen LogP) is 5.03. The van der Waals surface area contributed by atoms with Crippen LogP contribution in [0.5, 0.6) is 0 Å². The normalized spacial score (nSPS) is 22.9. The molecule has 3 aromatic rings. The number of rotatable bonds is 6. The number of aryl methyl sites for hydroxylation is 1. The Kier molecular flexibility index (Phi) is 8.11. The van der Waals surface area contributed by atoms with Crippen LogP contribution in [0, 0.1) is 12.8 Å². The number of urea groups is 2. The maximum atomic E-state index is 13.3. The second-order valence-corrected chi connectivity index (χ2v) is 13.6. The van der Waals surface area contributed by atoms with Gasteiger partial charge in [-0.2, -0.15) is 5.10 Å². The molecule has 1 aromatic heterocycles. The van der Waals surface area contributed by atoms with Crippen molar-refractivity contribution in [1.29, 1.82) is 0 Å². The molecule has 0 saturated carbocycles. The van der Waals surface area contributed by atoms with E-state index in [1.54, 1.807) is 4.68 Å². The summed E-state index contributed by atoms with van der Waals surface area (Å²) < 4.78 is 1.76. The Morgan fingerprint density at radius 3 is 2.36 bits per heavy atom. The second kappa shape index (κ2) is 12.0. The van der Waals surface area contributed by atoms with Crippen molar-refractivity contribution < 1.29 is 19.2 Å². The van der Waals surface area contributed by atoms with Crippen LogP contribution in [0.15, 0.2) is 54.6 Å². The van der Waals surface area contributed by atoms with E-state index in [1.165, 1.54) is 0 Å². The fraction of sp³-hybridized carbons (Fsp3) is 0.441. The number of aromatic nitrogens is 2. The van der Waals surface area contributed by atoms with E-state index >= 15 is 0 Å². The van der Waals surface area contributed by atoms with Crippen LogP contribution in [0.25, 0.3) is 5.69 Å². The fourth-order valence-electron chi connectivity index (χ4n) is 6.86. The van der Waals surface area contributed by atoms with Crippen molar-refractivity contribution in [1.82, 2.24) is 25.3 Å². The number of nitrogens with one attached hydrogen (secondary N) is 4. The molecule has 3 fully saturated rings. The summed E-state index contributed by atoms with van der Waals surface area (Å²) in [7, 11) is 0. The highest BCUT2D eigenvalue weighted by molar-refractivity contribution is 6.02. The van der Waals surface area contributed by atoms with Gasteiger partial charge in [0.1, 0.15) is 11.9 Å². The molecule has 6 amide bonds. The summed E-state index contributed by atoms with van der Waals surface area (Å²) in [6.45, 7) is 8.30. The van der Waals surface area contributed by atoms with E-state index in [0.29, 0.717) is 17.4 Å². The van der Waals surface area contributed by atoms with Gasteiger partial charge in [-0.25, -0.2) is 14.3 Å². The van der Waals surface area contributed by atoms with E-state index in [-0.39, 0.29) is 35.9 Å². The first-order valence-corrected chi connectivity index (χ1v) is 15.7. The molecule has 4 heterocycles. The zero-order valence-electron chi connectivity index (χ0n) is 26.2. The molecule has 3 aliphatic rings. The van der Waals surface area contributed by atoms with Gasteiger partial charge in [0, 0.05) is 29.3 Å². The Labute approximate surface area is 263 Å². The van der Waals surface area contributed by atoms with Crippen LogP contribution in [0.4, 0.5) is 21.1 Å². The van der Waals surface area contributed by atoms with Gasteiger partial charge in [0.25, 0.3) is 0 Å². The summed E-state index contributed by atoms with van der Waals surface area (Å²) in [6, 6.07) is 16.3. The van der Waals surface area contributed by atoms with Gasteiger partial charge in [0.15, 0.2) is 0 Å². The van der Waals surface area contributed by atoms with Gasteiger partial charge in [-0.05, 0) is 74.8 Å². The maximum Gasteiger partial charge on any atom is 0.324 e. The molecule has 3 atom stereocenters. The molecular formula is C34H41N7O4. The lowest BCUT2D eigenvalue weighted by Gasteiger charge is -2.41. The molecule has 236 valence electrons. The Morgan fingerprint density at radius 1 is 0.978 bits per heavy atom. The first-order chi connectivity index (χ1) is 21.4. The molecule has 4 N–H and O–H groups in total. The number of hydrogen-bond acceptors (Lipinski definition) is 5. The van der Waals surface area contributed by atoms with Gasteiger partial charge in [0.2, 0.25) is 11.8 Å². The average Bonchev–Trinajstić information content (AvgIpc) is 3.51. The third-order valence-electron chi connectivity index (χ3n) is 9.04. The molecule has 0 spiro atoms. The number of amides is 6. The number of benzene rings is 2. The molecule has 11 heteroatoms. The van der Waals surface area contributed by atoms with E-state index in [2.05, 4.69) is 48.1 Å². The minimum Gasteiger partial charge on any atom is -0.335 e. The van der Waals surface area contributed by atoms with E-state index in [4.69, 9.17) is 5.10 Å². The lowest BCUT2D eigenvalue weighted by Crippen LogP contribution is -2.60. The van der Waals surface area contributed by atoms with E-state index < -0.39 is 18.0 Å². The molecule has 6 rings (SSSR count). The van der Waals surface area contributed by atoms with Gasteiger partial charge < -0.3 is 15.5 Å². The number of fused-ring (bicyclic) bond motifs is 2. The largest absolute Gasteiger partial charge is 0.335 e. The number of carbonyl (C=O) groups excluding carboxylic acids is 4. The second-order valence-electron chi connectivity index (χ2n) is 13.6. The van der Waals surface area contributed by atoms with Gasteiger partial charge in [-0.1, -0.05) is 50.6 Å². The number of hydrogen-bond donors (Lipinski definition) is 4. The van der Waals surface area contributed by atoms with Crippen molar-refractivity contribution in [2.75, 3.05) is 10.6 Å². The highest BCUT2D eigenvalue weighted by atomic mass is 16.2. The first kappa shape index (κ1) is 30.4. The molecule has 11 nitrogen and oxygen atoms in total. The quantitative estimate of drug-likeness (QED) is 0.310. The summed E-state index contributed by atoms with van der Waals surface area (Å²) in [5, 5.41) is 15.6. The van der Waals surface area contributed by atoms with Crippen molar-refractivity contribution in [2.24, 2.45) is 5.92 Å². The van der Waals surface area contributed by atoms with Gasteiger partial charge in [0.05, 0.1) is 17.8 Å². The smallest absolute Gasteiger partial charge is 0.324 e. The number of piperidine rings is 1. The molecule has 3 aliphatic heterocycles. The standard InChI is InChI=1S/C34H41N7O4/c1-20-8-10-24(11-9-20)41-29(19-28(39-41)34(2,3)4)37-32(44)35-23-7-5-6-21(15-23)14-22-16-25-12-13-26(17-22)40(25)31(43)27-18-30(42)38-33(45)36-27/h5-11,15,19,22,25-27H,12-14,16-18H2,1-4H3,(H2,35,37,44)(H2,36,38,42,45)/t22?,25?,26?,27-/m0/s1. The average molecular weight is 612 g/mol. The van der Waals surface area contributed by atoms with Crippen molar-refractivity contribution in [3.05, 3.63) is 71.4 Å². The third-order valence-corrected chi connectivity index (χ3v) is 9.04. The number of anilines is 2. The topological polar surface area (TPSA) is 137 Å². The molecule has 0 radical (unpaired) electrons.